The minimum absolute atomic E-state index is 0.0813. The molecule has 0 saturated carbocycles. The monoisotopic (exact) mass is 489 g/mol. The van der Waals surface area contributed by atoms with Crippen LogP contribution >= 0.6 is 27.5 Å². The number of halogens is 2. The zero-order valence-corrected chi connectivity index (χ0v) is 19.1. The molecule has 0 aliphatic carbocycles. The molecule has 0 aliphatic rings. The molecule has 1 heterocycles. The standard InChI is InChI=1S/C18H21BrClN3O6/c1-17(2,3)28-15(26)22(16(27)29-18(4,5)6)13-9-7-10(19)11(20)8-12(9)23(21-13)14(24)25/h7-8H,1-6H3,(H,24,25). The number of ether oxygens (including phenoxy) is 2. The zero-order chi connectivity index (χ0) is 22.3. The largest absolute Gasteiger partial charge is 0.463 e. The van der Waals surface area contributed by atoms with Crippen LogP contribution in [0.2, 0.25) is 5.02 Å². The predicted octanol–water partition coefficient (Wildman–Crippen LogP) is 5.65. The Morgan fingerprint density at radius 2 is 1.55 bits per heavy atom. The molecule has 0 unspecified atom stereocenters. The van der Waals surface area contributed by atoms with Crippen molar-refractivity contribution in [2.45, 2.75) is 52.7 Å². The molecule has 0 aliphatic heterocycles. The van der Waals surface area contributed by atoms with Crippen molar-refractivity contribution in [2.24, 2.45) is 0 Å². The van der Waals surface area contributed by atoms with Gasteiger partial charge in [-0.25, -0.2) is 14.4 Å². The van der Waals surface area contributed by atoms with E-state index in [1.807, 2.05) is 0 Å². The van der Waals surface area contributed by atoms with Crippen molar-refractivity contribution in [2.75, 3.05) is 4.90 Å². The summed E-state index contributed by atoms with van der Waals surface area (Å²) >= 11 is 9.33. The fraction of sp³-hybridized carbons (Fsp3) is 0.444. The Morgan fingerprint density at radius 3 is 1.97 bits per heavy atom. The first-order valence-corrected chi connectivity index (χ1v) is 9.65. The first-order chi connectivity index (χ1) is 13.1. The highest BCUT2D eigenvalue weighted by Gasteiger charge is 2.36. The summed E-state index contributed by atoms with van der Waals surface area (Å²) in [5.41, 5.74) is -1.77. The van der Waals surface area contributed by atoms with Gasteiger partial charge in [0.25, 0.3) is 0 Å². The number of rotatable bonds is 1. The summed E-state index contributed by atoms with van der Waals surface area (Å²) in [5, 5.41) is 13.8. The molecule has 11 heteroatoms. The Balaban J connectivity index is 2.74. The molecule has 0 radical (unpaired) electrons. The number of imide groups is 1. The van der Waals surface area contributed by atoms with E-state index in [0.717, 1.165) is 0 Å². The molecule has 9 nitrogen and oxygen atoms in total. The number of hydrogen-bond donors (Lipinski definition) is 1. The molecule has 0 spiro atoms. The average molecular weight is 491 g/mol. The van der Waals surface area contributed by atoms with Gasteiger partial charge in [0.1, 0.15) is 11.2 Å². The number of anilines is 1. The lowest BCUT2D eigenvalue weighted by Gasteiger charge is -2.27. The summed E-state index contributed by atoms with van der Waals surface area (Å²) in [4.78, 5) is 37.9. The summed E-state index contributed by atoms with van der Waals surface area (Å²) in [6.45, 7) is 9.76. The van der Waals surface area contributed by atoms with Crippen LogP contribution in [0.3, 0.4) is 0 Å². The predicted molar refractivity (Wildman–Crippen MR) is 111 cm³/mol. The first-order valence-electron chi connectivity index (χ1n) is 8.48. The molecule has 0 saturated heterocycles. The van der Waals surface area contributed by atoms with Crippen LogP contribution in [0.1, 0.15) is 41.5 Å². The summed E-state index contributed by atoms with van der Waals surface area (Å²) in [7, 11) is 0. The summed E-state index contributed by atoms with van der Waals surface area (Å²) in [6, 6.07) is 2.81. The van der Waals surface area contributed by atoms with Crippen LogP contribution < -0.4 is 4.90 Å². The Hall–Kier alpha value is -2.33. The lowest BCUT2D eigenvalue weighted by Crippen LogP contribution is -2.44. The highest BCUT2D eigenvalue weighted by molar-refractivity contribution is 9.10. The van der Waals surface area contributed by atoms with Crippen molar-refractivity contribution >= 4 is 62.5 Å². The van der Waals surface area contributed by atoms with Crippen LogP contribution in [0.25, 0.3) is 10.9 Å². The second kappa shape index (κ2) is 7.83. The Kier molecular flexibility index (Phi) is 6.20. The minimum atomic E-state index is -1.42. The van der Waals surface area contributed by atoms with Gasteiger partial charge in [0.05, 0.1) is 10.5 Å². The molecule has 1 aromatic heterocycles. The van der Waals surface area contributed by atoms with Crippen LogP contribution in [-0.4, -0.2) is 44.4 Å². The van der Waals surface area contributed by atoms with Gasteiger partial charge in [-0.15, -0.1) is 5.10 Å². The molecule has 2 rings (SSSR count). The number of amides is 2. The van der Waals surface area contributed by atoms with Crippen LogP contribution in [0.4, 0.5) is 20.2 Å². The van der Waals surface area contributed by atoms with Gasteiger partial charge in [-0.1, -0.05) is 11.6 Å². The van der Waals surface area contributed by atoms with E-state index in [2.05, 4.69) is 21.0 Å². The second-order valence-corrected chi connectivity index (χ2v) is 9.36. The van der Waals surface area contributed by atoms with Crippen molar-refractivity contribution < 1.29 is 29.0 Å². The van der Waals surface area contributed by atoms with Crippen LogP contribution in [-0.2, 0) is 9.47 Å². The SMILES string of the molecule is CC(C)(C)OC(=O)N(C(=O)OC(C)(C)C)c1nn(C(=O)O)c2cc(Cl)c(Br)cc12. The number of benzene rings is 1. The average Bonchev–Trinajstić information content (AvgIpc) is 2.83. The van der Waals surface area contributed by atoms with Crippen molar-refractivity contribution in [3.63, 3.8) is 0 Å². The first kappa shape index (κ1) is 23.0. The summed E-state index contributed by atoms with van der Waals surface area (Å²) in [6.07, 6.45) is -3.54. The number of nitrogens with zero attached hydrogens (tertiary/aromatic N) is 3. The zero-order valence-electron chi connectivity index (χ0n) is 16.7. The van der Waals surface area contributed by atoms with Gasteiger partial charge in [0, 0.05) is 9.86 Å². The molecule has 2 amide bonds. The van der Waals surface area contributed by atoms with Crippen molar-refractivity contribution in [3.05, 3.63) is 21.6 Å². The Bertz CT molecular complexity index is 962. The van der Waals surface area contributed by atoms with Crippen molar-refractivity contribution in [1.29, 1.82) is 0 Å². The van der Waals surface area contributed by atoms with E-state index >= 15 is 0 Å². The van der Waals surface area contributed by atoms with E-state index in [-0.39, 0.29) is 21.7 Å². The Morgan fingerprint density at radius 1 is 1.07 bits per heavy atom. The van der Waals surface area contributed by atoms with Gasteiger partial charge in [-0.05, 0) is 69.6 Å². The number of aromatic nitrogens is 2. The third kappa shape index (κ3) is 5.39. The van der Waals surface area contributed by atoms with Gasteiger partial charge in [-0.2, -0.15) is 9.58 Å². The fourth-order valence-corrected chi connectivity index (χ4v) is 2.77. The number of hydrogen-bond acceptors (Lipinski definition) is 6. The quantitative estimate of drug-likeness (QED) is 0.549. The molecule has 0 atom stereocenters. The number of carbonyl (C=O) groups is 3. The van der Waals surface area contributed by atoms with Gasteiger partial charge in [0.15, 0.2) is 5.82 Å². The highest BCUT2D eigenvalue weighted by atomic mass is 79.9. The minimum Gasteiger partial charge on any atom is -0.463 e. The molecule has 1 aromatic carbocycles. The maximum absolute atomic E-state index is 12.8. The van der Waals surface area contributed by atoms with Crippen LogP contribution in [0, 0.1) is 0 Å². The van der Waals surface area contributed by atoms with Gasteiger partial charge in [-0.3, -0.25) is 0 Å². The lowest BCUT2D eigenvalue weighted by atomic mass is 10.2. The number of fused-ring (bicyclic) bond motifs is 1. The molecule has 0 bridgehead atoms. The van der Waals surface area contributed by atoms with Crippen molar-refractivity contribution in [3.8, 4) is 0 Å². The summed E-state index contributed by atoms with van der Waals surface area (Å²) in [5.74, 6) is -0.261. The van der Waals surface area contributed by atoms with E-state index in [1.165, 1.54) is 12.1 Å². The molecule has 1 N–H and O–H groups in total. The van der Waals surface area contributed by atoms with Crippen LogP contribution in [0.5, 0.6) is 0 Å². The number of carboxylic acid groups (broad SMARTS) is 1. The molecular weight excluding hydrogens is 470 g/mol. The normalized spacial score (nSPS) is 12.0. The topological polar surface area (TPSA) is 111 Å². The van der Waals surface area contributed by atoms with Gasteiger partial charge in [0.2, 0.25) is 0 Å². The molecule has 0 fully saturated rings. The Labute approximate surface area is 180 Å². The van der Waals surface area contributed by atoms with E-state index < -0.39 is 29.5 Å². The molecule has 158 valence electrons. The smallest absolute Gasteiger partial charge is 0.432 e. The van der Waals surface area contributed by atoms with Crippen LogP contribution in [0.15, 0.2) is 16.6 Å². The van der Waals surface area contributed by atoms with Crippen molar-refractivity contribution in [1.82, 2.24) is 9.78 Å². The highest BCUT2D eigenvalue weighted by Crippen LogP contribution is 2.35. The van der Waals surface area contributed by atoms with E-state index in [1.54, 1.807) is 41.5 Å². The summed E-state index contributed by atoms with van der Waals surface area (Å²) < 4.78 is 11.7. The van der Waals surface area contributed by atoms with Gasteiger partial charge < -0.3 is 14.6 Å². The second-order valence-electron chi connectivity index (χ2n) is 8.10. The molecule has 2 aromatic rings. The third-order valence-corrected chi connectivity index (χ3v) is 4.44. The van der Waals surface area contributed by atoms with Gasteiger partial charge >= 0.3 is 18.3 Å². The third-order valence-electron chi connectivity index (χ3n) is 3.25. The maximum atomic E-state index is 12.8. The number of carbonyl (C=O) groups excluding carboxylic acids is 2. The molecular formula is C18H21BrClN3O6. The lowest BCUT2D eigenvalue weighted by molar-refractivity contribution is 0.0429. The maximum Gasteiger partial charge on any atom is 0.432 e. The molecule has 29 heavy (non-hydrogen) atoms. The van der Waals surface area contributed by atoms with E-state index in [9.17, 15) is 19.5 Å². The fourth-order valence-electron chi connectivity index (χ4n) is 2.27. The van der Waals surface area contributed by atoms with E-state index in [4.69, 9.17) is 21.1 Å². The van der Waals surface area contributed by atoms with E-state index in [0.29, 0.717) is 14.1 Å².